The van der Waals surface area contributed by atoms with Crippen molar-refractivity contribution >= 4 is 0 Å². The fourth-order valence-corrected chi connectivity index (χ4v) is 2.62. The lowest BCUT2D eigenvalue weighted by atomic mass is 9.91. The second kappa shape index (κ2) is 5.37. The van der Waals surface area contributed by atoms with Crippen LogP contribution in [-0.4, -0.2) is 28.9 Å². The summed E-state index contributed by atoms with van der Waals surface area (Å²) in [6.07, 6.45) is 3.30. The zero-order valence-corrected chi connectivity index (χ0v) is 12.2. The van der Waals surface area contributed by atoms with Crippen LogP contribution in [0.4, 0.5) is 0 Å². The average molecular weight is 289 g/mol. The van der Waals surface area contributed by atoms with Crippen molar-refractivity contribution in [2.45, 2.75) is 31.7 Å². The lowest BCUT2D eigenvalue weighted by Crippen LogP contribution is -2.43. The highest BCUT2D eigenvalue weighted by Crippen LogP contribution is 2.33. The van der Waals surface area contributed by atoms with E-state index >= 15 is 0 Å². The molecule has 0 radical (unpaired) electrons. The number of ether oxygens (including phenoxy) is 1. The van der Waals surface area contributed by atoms with Gasteiger partial charge in [-0.05, 0) is 50.9 Å². The number of rotatable bonds is 3. The minimum absolute atomic E-state index is 0.0888. The molecule has 0 spiro atoms. The predicted molar refractivity (Wildman–Crippen MR) is 77.2 cm³/mol. The Morgan fingerprint density at radius 2 is 2.24 bits per heavy atom. The number of nitrogens with one attached hydrogen (secondary N) is 1. The summed E-state index contributed by atoms with van der Waals surface area (Å²) in [6, 6.07) is 4.99. The van der Waals surface area contributed by atoms with Gasteiger partial charge in [-0.3, -0.25) is 0 Å². The predicted octanol–water partition coefficient (Wildman–Crippen LogP) is 2.44. The maximum Gasteiger partial charge on any atom is 0.246 e. The molecule has 2 N–H and O–H groups in total. The van der Waals surface area contributed by atoms with Crippen LogP contribution in [0.15, 0.2) is 22.7 Å². The number of phenols is 1. The molecule has 1 aliphatic rings. The first-order chi connectivity index (χ1) is 10.1. The highest BCUT2D eigenvalue weighted by atomic mass is 16.5. The summed E-state index contributed by atoms with van der Waals surface area (Å²) in [6.45, 7) is 3.04. The van der Waals surface area contributed by atoms with E-state index in [2.05, 4.69) is 22.4 Å². The third-order valence-electron chi connectivity index (χ3n) is 3.95. The van der Waals surface area contributed by atoms with E-state index in [1.165, 1.54) is 13.5 Å². The summed E-state index contributed by atoms with van der Waals surface area (Å²) >= 11 is 0. The van der Waals surface area contributed by atoms with E-state index in [4.69, 9.17) is 9.26 Å². The summed E-state index contributed by atoms with van der Waals surface area (Å²) < 4.78 is 10.5. The van der Waals surface area contributed by atoms with Crippen molar-refractivity contribution in [3.8, 4) is 22.9 Å². The Kier molecular flexibility index (Phi) is 3.55. The number of benzene rings is 1. The van der Waals surface area contributed by atoms with Gasteiger partial charge in [-0.15, -0.1) is 0 Å². The first kappa shape index (κ1) is 13.9. The quantitative estimate of drug-likeness (QED) is 0.903. The summed E-state index contributed by atoms with van der Waals surface area (Å²) in [5.74, 6) is 1.58. The molecule has 1 unspecified atom stereocenters. The summed E-state index contributed by atoms with van der Waals surface area (Å²) in [5.41, 5.74) is 0.490. The number of methoxy groups -OCH3 is 1. The van der Waals surface area contributed by atoms with Gasteiger partial charge < -0.3 is 19.7 Å². The van der Waals surface area contributed by atoms with Gasteiger partial charge >= 0.3 is 0 Å². The van der Waals surface area contributed by atoms with Crippen LogP contribution in [0.1, 0.15) is 32.1 Å². The Morgan fingerprint density at radius 1 is 1.38 bits per heavy atom. The largest absolute Gasteiger partial charge is 0.504 e. The van der Waals surface area contributed by atoms with Gasteiger partial charge in [0, 0.05) is 5.56 Å². The number of hydrogen-bond acceptors (Lipinski definition) is 6. The number of phenolic OH excluding ortho intramolecular Hbond substituents is 1. The fourth-order valence-electron chi connectivity index (χ4n) is 2.62. The maximum atomic E-state index is 9.63. The van der Waals surface area contributed by atoms with Gasteiger partial charge in [0.1, 0.15) is 0 Å². The molecule has 0 amide bonds. The van der Waals surface area contributed by atoms with E-state index in [1.54, 1.807) is 18.2 Å². The molecule has 0 saturated carbocycles. The topological polar surface area (TPSA) is 80.4 Å². The van der Waals surface area contributed by atoms with Crippen LogP contribution >= 0.6 is 0 Å². The molecule has 112 valence electrons. The monoisotopic (exact) mass is 289 g/mol. The average Bonchev–Trinajstić information content (AvgIpc) is 2.99. The second-order valence-electron chi connectivity index (χ2n) is 5.53. The lowest BCUT2D eigenvalue weighted by Gasteiger charge is -2.31. The number of nitrogens with zero attached hydrogens (tertiary/aromatic N) is 2. The molecule has 2 heterocycles. The van der Waals surface area contributed by atoms with Crippen LogP contribution < -0.4 is 10.1 Å². The van der Waals surface area contributed by atoms with Crippen molar-refractivity contribution in [1.82, 2.24) is 15.5 Å². The van der Waals surface area contributed by atoms with Crippen LogP contribution in [-0.2, 0) is 5.54 Å². The third-order valence-corrected chi connectivity index (χ3v) is 3.95. The van der Waals surface area contributed by atoms with Crippen molar-refractivity contribution in [2.24, 2.45) is 0 Å². The van der Waals surface area contributed by atoms with Crippen molar-refractivity contribution in [3.05, 3.63) is 24.1 Å². The van der Waals surface area contributed by atoms with Crippen LogP contribution in [0.25, 0.3) is 11.4 Å². The molecule has 1 aromatic heterocycles. The molecule has 0 aliphatic carbocycles. The molecule has 6 heteroatoms. The summed E-state index contributed by atoms with van der Waals surface area (Å²) in [5, 5.41) is 17.1. The van der Waals surface area contributed by atoms with Gasteiger partial charge in [0.15, 0.2) is 11.5 Å². The molecule has 2 aromatic rings. The zero-order chi connectivity index (χ0) is 14.9. The molecular weight excluding hydrogens is 270 g/mol. The van der Waals surface area contributed by atoms with E-state index < -0.39 is 0 Å². The number of piperidine rings is 1. The standard InChI is InChI=1S/C15H19N3O3/c1-15(7-3-4-8-16-15)14-17-13(18-21-14)10-5-6-11(19)12(9-10)20-2/h5-6,9,16,19H,3-4,7-8H2,1-2H3. The number of hydrogen-bond donors (Lipinski definition) is 2. The van der Waals surface area contributed by atoms with E-state index in [0.717, 1.165) is 24.9 Å². The molecule has 1 aromatic carbocycles. The van der Waals surface area contributed by atoms with Gasteiger partial charge in [0.25, 0.3) is 0 Å². The molecule has 3 rings (SSSR count). The molecule has 1 fully saturated rings. The molecule has 1 saturated heterocycles. The SMILES string of the molecule is COc1cc(-c2noc(C3(C)CCCCN3)n2)ccc1O. The van der Waals surface area contributed by atoms with Gasteiger partial charge in [0.2, 0.25) is 11.7 Å². The molecule has 6 nitrogen and oxygen atoms in total. The van der Waals surface area contributed by atoms with Crippen molar-refractivity contribution in [1.29, 1.82) is 0 Å². The van der Waals surface area contributed by atoms with Crippen molar-refractivity contribution in [3.63, 3.8) is 0 Å². The van der Waals surface area contributed by atoms with E-state index in [9.17, 15) is 5.11 Å². The van der Waals surface area contributed by atoms with Crippen LogP contribution in [0.2, 0.25) is 0 Å². The number of aromatic nitrogens is 2. The van der Waals surface area contributed by atoms with E-state index in [0.29, 0.717) is 17.5 Å². The van der Waals surface area contributed by atoms with Gasteiger partial charge in [-0.2, -0.15) is 4.98 Å². The summed E-state index contributed by atoms with van der Waals surface area (Å²) in [7, 11) is 1.51. The van der Waals surface area contributed by atoms with Gasteiger partial charge in [-0.25, -0.2) is 0 Å². The van der Waals surface area contributed by atoms with Gasteiger partial charge in [-0.1, -0.05) is 5.16 Å². The minimum atomic E-state index is -0.259. The first-order valence-electron chi connectivity index (χ1n) is 7.09. The lowest BCUT2D eigenvalue weighted by molar-refractivity contribution is 0.207. The zero-order valence-electron chi connectivity index (χ0n) is 12.2. The fraction of sp³-hybridized carbons (Fsp3) is 0.467. The van der Waals surface area contributed by atoms with Gasteiger partial charge in [0.05, 0.1) is 12.6 Å². The van der Waals surface area contributed by atoms with Crippen LogP contribution in [0.3, 0.4) is 0 Å². The Morgan fingerprint density at radius 3 is 2.95 bits per heavy atom. The molecule has 1 atom stereocenters. The minimum Gasteiger partial charge on any atom is -0.504 e. The van der Waals surface area contributed by atoms with Crippen LogP contribution in [0.5, 0.6) is 11.5 Å². The number of aromatic hydroxyl groups is 1. The van der Waals surface area contributed by atoms with Crippen molar-refractivity contribution < 1.29 is 14.4 Å². The van der Waals surface area contributed by atoms with Crippen LogP contribution in [0, 0.1) is 0 Å². The molecular formula is C15H19N3O3. The van der Waals surface area contributed by atoms with Crippen molar-refractivity contribution in [2.75, 3.05) is 13.7 Å². The Hall–Kier alpha value is -2.08. The second-order valence-corrected chi connectivity index (χ2v) is 5.53. The highest BCUT2D eigenvalue weighted by Gasteiger charge is 2.34. The third kappa shape index (κ3) is 2.58. The Labute approximate surface area is 123 Å². The Bertz CT molecular complexity index is 633. The van der Waals surface area contributed by atoms with E-state index in [-0.39, 0.29) is 11.3 Å². The smallest absolute Gasteiger partial charge is 0.246 e. The highest BCUT2D eigenvalue weighted by molar-refractivity contribution is 5.60. The molecule has 21 heavy (non-hydrogen) atoms. The maximum absolute atomic E-state index is 9.63. The summed E-state index contributed by atoms with van der Waals surface area (Å²) in [4.78, 5) is 4.50. The van der Waals surface area contributed by atoms with E-state index in [1.807, 2.05) is 0 Å². The first-order valence-corrected chi connectivity index (χ1v) is 7.09. The molecule has 1 aliphatic heterocycles. The molecule has 0 bridgehead atoms. The normalized spacial score (nSPS) is 22.2. The Balaban J connectivity index is 1.91.